The molecular weight excluding hydrogens is 397 g/mol. The van der Waals surface area contributed by atoms with E-state index in [2.05, 4.69) is 5.32 Å². The molecule has 0 spiro atoms. The maximum absolute atomic E-state index is 12.1. The number of benzene rings is 2. The zero-order valence-electron chi connectivity index (χ0n) is 14.1. The maximum Gasteiger partial charge on any atom is 0.331 e. The number of esters is 1. The van der Waals surface area contributed by atoms with E-state index in [1.807, 2.05) is 6.92 Å². The van der Waals surface area contributed by atoms with Crippen molar-refractivity contribution in [3.05, 3.63) is 68.7 Å². The quantitative estimate of drug-likeness (QED) is 0.518. The summed E-state index contributed by atoms with van der Waals surface area (Å²) in [6.07, 6.45) is 1.77. The van der Waals surface area contributed by atoms with E-state index >= 15 is 0 Å². The molecule has 2 aromatic carbocycles. The van der Waals surface area contributed by atoms with Crippen LogP contribution in [-0.4, -0.2) is 18.0 Å². The highest BCUT2D eigenvalue weighted by atomic mass is 35.5. The normalized spacial score (nSPS) is 12.0. The fourth-order valence-corrected chi connectivity index (χ4v) is 2.45. The number of anilines is 1. The first kappa shape index (κ1) is 20.3. The fraction of sp³-hybridized carbons (Fsp3) is 0.158. The van der Waals surface area contributed by atoms with Gasteiger partial charge in [0.15, 0.2) is 6.10 Å². The van der Waals surface area contributed by atoms with Crippen molar-refractivity contribution < 1.29 is 14.3 Å². The van der Waals surface area contributed by atoms with Crippen LogP contribution < -0.4 is 5.32 Å². The molecule has 7 heteroatoms. The molecule has 1 N–H and O–H groups in total. The number of carbonyl (C=O) groups is 2. The van der Waals surface area contributed by atoms with Gasteiger partial charge in [0.25, 0.3) is 5.91 Å². The van der Waals surface area contributed by atoms with Gasteiger partial charge in [0.2, 0.25) is 0 Å². The number of halogens is 3. The second-order valence-corrected chi connectivity index (χ2v) is 6.76. The van der Waals surface area contributed by atoms with Crippen LogP contribution in [0.2, 0.25) is 15.1 Å². The van der Waals surface area contributed by atoms with Crippen molar-refractivity contribution in [2.24, 2.45) is 0 Å². The number of carbonyl (C=O) groups excluding carboxylic acids is 2. The largest absolute Gasteiger partial charge is 0.449 e. The van der Waals surface area contributed by atoms with E-state index < -0.39 is 18.0 Å². The third kappa shape index (κ3) is 5.77. The summed E-state index contributed by atoms with van der Waals surface area (Å²) < 4.78 is 5.08. The molecule has 26 heavy (non-hydrogen) atoms. The highest BCUT2D eigenvalue weighted by Gasteiger charge is 2.17. The van der Waals surface area contributed by atoms with Crippen LogP contribution in [0.1, 0.15) is 18.1 Å². The van der Waals surface area contributed by atoms with Crippen LogP contribution in [0.25, 0.3) is 6.08 Å². The molecule has 2 rings (SSSR count). The van der Waals surface area contributed by atoms with Crippen molar-refractivity contribution in [3.8, 4) is 0 Å². The predicted molar refractivity (Wildman–Crippen MR) is 106 cm³/mol. The molecule has 0 aliphatic heterocycles. The van der Waals surface area contributed by atoms with Crippen molar-refractivity contribution in [3.63, 3.8) is 0 Å². The molecule has 1 atom stereocenters. The van der Waals surface area contributed by atoms with Gasteiger partial charge < -0.3 is 10.1 Å². The third-order valence-corrected chi connectivity index (χ3v) is 4.60. The molecule has 0 heterocycles. The van der Waals surface area contributed by atoms with Gasteiger partial charge in [-0.25, -0.2) is 4.79 Å². The number of rotatable bonds is 5. The molecule has 0 saturated heterocycles. The van der Waals surface area contributed by atoms with Crippen LogP contribution in [0.5, 0.6) is 0 Å². The molecule has 0 unspecified atom stereocenters. The van der Waals surface area contributed by atoms with Gasteiger partial charge >= 0.3 is 5.97 Å². The second-order valence-electron chi connectivity index (χ2n) is 5.54. The summed E-state index contributed by atoms with van der Waals surface area (Å²) in [6.45, 7) is 3.34. The number of aryl methyl sites for hydroxylation is 1. The summed E-state index contributed by atoms with van der Waals surface area (Å²) >= 11 is 17.8. The van der Waals surface area contributed by atoms with Crippen molar-refractivity contribution in [1.82, 2.24) is 0 Å². The molecule has 1 amide bonds. The van der Waals surface area contributed by atoms with E-state index in [-0.39, 0.29) is 0 Å². The van der Waals surface area contributed by atoms with Gasteiger partial charge in [0, 0.05) is 16.8 Å². The SMILES string of the molecule is Cc1ccc(NC(=O)[C@H](C)OC(=O)/C=C/c2ccc(Cl)c(Cl)c2)cc1Cl. The standard InChI is InChI=1S/C19H16Cl3NO3/c1-11-3-6-14(10-16(11)21)23-19(25)12(2)26-18(24)8-5-13-4-7-15(20)17(22)9-13/h3-10,12H,1-2H3,(H,23,25)/b8-5+/t12-/m0/s1. The van der Waals surface area contributed by atoms with Gasteiger partial charge in [0.1, 0.15) is 0 Å². The van der Waals surface area contributed by atoms with E-state index in [4.69, 9.17) is 39.5 Å². The summed E-state index contributed by atoms with van der Waals surface area (Å²) in [7, 11) is 0. The first-order valence-electron chi connectivity index (χ1n) is 7.67. The molecule has 0 aromatic heterocycles. The molecule has 0 aliphatic carbocycles. The van der Waals surface area contributed by atoms with Crippen LogP contribution in [0.15, 0.2) is 42.5 Å². The minimum Gasteiger partial charge on any atom is -0.449 e. The summed E-state index contributed by atoms with van der Waals surface area (Å²) in [6, 6.07) is 10.1. The van der Waals surface area contributed by atoms with Gasteiger partial charge in [0.05, 0.1) is 10.0 Å². The smallest absolute Gasteiger partial charge is 0.331 e. The summed E-state index contributed by atoms with van der Waals surface area (Å²) in [4.78, 5) is 24.0. The van der Waals surface area contributed by atoms with E-state index in [1.165, 1.54) is 19.1 Å². The Bertz CT molecular complexity index is 865. The lowest BCUT2D eigenvalue weighted by molar-refractivity contribution is -0.148. The third-order valence-electron chi connectivity index (χ3n) is 3.46. The van der Waals surface area contributed by atoms with Gasteiger partial charge in [-0.1, -0.05) is 46.9 Å². The Labute approximate surface area is 166 Å². The molecular formula is C19H16Cl3NO3. The van der Waals surface area contributed by atoms with Gasteiger partial charge in [-0.05, 0) is 55.3 Å². The monoisotopic (exact) mass is 411 g/mol. The number of hydrogen-bond acceptors (Lipinski definition) is 3. The Hall–Kier alpha value is -2.01. The highest BCUT2D eigenvalue weighted by Crippen LogP contribution is 2.23. The lowest BCUT2D eigenvalue weighted by Gasteiger charge is -2.13. The molecule has 0 fully saturated rings. The van der Waals surface area contributed by atoms with E-state index in [0.717, 1.165) is 5.56 Å². The summed E-state index contributed by atoms with van der Waals surface area (Å²) in [5, 5.41) is 3.99. The minimum atomic E-state index is -0.971. The Morgan fingerprint density at radius 1 is 1.04 bits per heavy atom. The van der Waals surface area contributed by atoms with Crippen LogP contribution in [0, 0.1) is 6.92 Å². The Morgan fingerprint density at radius 2 is 1.77 bits per heavy atom. The van der Waals surface area contributed by atoms with Crippen molar-refractivity contribution >= 4 is 58.4 Å². The van der Waals surface area contributed by atoms with E-state index in [0.29, 0.717) is 26.3 Å². The Kier molecular flexibility index (Phi) is 7.09. The number of ether oxygens (including phenoxy) is 1. The zero-order chi connectivity index (χ0) is 19.3. The average Bonchev–Trinajstić information content (AvgIpc) is 2.59. The lowest BCUT2D eigenvalue weighted by atomic mass is 10.2. The molecule has 2 aromatic rings. The zero-order valence-corrected chi connectivity index (χ0v) is 16.3. The van der Waals surface area contributed by atoms with Crippen LogP contribution in [-0.2, 0) is 14.3 Å². The van der Waals surface area contributed by atoms with Crippen molar-refractivity contribution in [1.29, 1.82) is 0 Å². The number of nitrogens with one attached hydrogen (secondary N) is 1. The van der Waals surface area contributed by atoms with Gasteiger partial charge in [-0.15, -0.1) is 0 Å². The highest BCUT2D eigenvalue weighted by molar-refractivity contribution is 6.42. The fourth-order valence-electron chi connectivity index (χ4n) is 1.96. The van der Waals surface area contributed by atoms with Gasteiger partial charge in [-0.2, -0.15) is 0 Å². The molecule has 0 bridgehead atoms. The van der Waals surface area contributed by atoms with Crippen molar-refractivity contribution in [2.75, 3.05) is 5.32 Å². The molecule has 4 nitrogen and oxygen atoms in total. The van der Waals surface area contributed by atoms with Crippen LogP contribution >= 0.6 is 34.8 Å². The number of hydrogen-bond donors (Lipinski definition) is 1. The predicted octanol–water partition coefficient (Wildman–Crippen LogP) is 5.54. The first-order valence-corrected chi connectivity index (χ1v) is 8.80. The first-order chi connectivity index (χ1) is 12.3. The average molecular weight is 413 g/mol. The molecule has 136 valence electrons. The topological polar surface area (TPSA) is 55.4 Å². The lowest BCUT2D eigenvalue weighted by Crippen LogP contribution is -2.29. The second kappa shape index (κ2) is 9.08. The van der Waals surface area contributed by atoms with E-state index in [9.17, 15) is 9.59 Å². The maximum atomic E-state index is 12.1. The summed E-state index contributed by atoms with van der Waals surface area (Å²) in [5.74, 6) is -1.11. The van der Waals surface area contributed by atoms with Crippen molar-refractivity contribution in [2.45, 2.75) is 20.0 Å². The molecule has 0 saturated carbocycles. The van der Waals surface area contributed by atoms with Crippen LogP contribution in [0.4, 0.5) is 5.69 Å². The summed E-state index contributed by atoms with van der Waals surface area (Å²) in [5.41, 5.74) is 2.11. The van der Waals surface area contributed by atoms with Gasteiger partial charge in [-0.3, -0.25) is 4.79 Å². The van der Waals surface area contributed by atoms with Crippen LogP contribution in [0.3, 0.4) is 0 Å². The minimum absolute atomic E-state index is 0.381. The Balaban J connectivity index is 1.92. The number of amides is 1. The molecule has 0 radical (unpaired) electrons. The Morgan fingerprint density at radius 3 is 2.42 bits per heavy atom. The molecule has 0 aliphatic rings. The van der Waals surface area contributed by atoms with E-state index in [1.54, 1.807) is 36.4 Å².